The fraction of sp³-hybridized carbons (Fsp3) is 0.125. The molecule has 0 saturated carbocycles. The summed E-state index contributed by atoms with van der Waals surface area (Å²) in [7, 11) is 0. The standard InChI is InChI=1S/C16H14N2O3/c1-9-5-11(8-17)6-10(2)15(9)21-12-3-4-13(16(19)20)14(18)7-12/h3-7H,18H2,1-2H3,(H,19,20). The molecule has 0 radical (unpaired) electrons. The Morgan fingerprint density at radius 2 is 1.86 bits per heavy atom. The molecular formula is C16H14N2O3. The third kappa shape index (κ3) is 2.95. The second kappa shape index (κ2) is 5.55. The predicted molar refractivity (Wildman–Crippen MR) is 78.5 cm³/mol. The number of hydrogen-bond acceptors (Lipinski definition) is 4. The number of carboxylic acids is 1. The number of ether oxygens (including phenoxy) is 1. The number of hydrogen-bond donors (Lipinski definition) is 2. The fourth-order valence-electron chi connectivity index (χ4n) is 2.09. The molecular weight excluding hydrogens is 268 g/mol. The normalized spacial score (nSPS) is 9.95. The Hall–Kier alpha value is -3.00. The highest BCUT2D eigenvalue weighted by Crippen LogP contribution is 2.31. The molecule has 0 bridgehead atoms. The van der Waals surface area contributed by atoms with E-state index < -0.39 is 5.97 Å². The summed E-state index contributed by atoms with van der Waals surface area (Å²) in [6.45, 7) is 3.69. The lowest BCUT2D eigenvalue weighted by atomic mass is 10.1. The number of carboxylic acid groups (broad SMARTS) is 1. The van der Waals surface area contributed by atoms with Gasteiger partial charge in [-0.3, -0.25) is 0 Å². The van der Waals surface area contributed by atoms with E-state index in [4.69, 9.17) is 20.8 Å². The number of nitrogens with two attached hydrogens (primary N) is 1. The van der Waals surface area contributed by atoms with Crippen molar-refractivity contribution in [2.24, 2.45) is 0 Å². The van der Waals surface area contributed by atoms with Gasteiger partial charge in [-0.25, -0.2) is 4.79 Å². The van der Waals surface area contributed by atoms with Crippen molar-refractivity contribution < 1.29 is 14.6 Å². The van der Waals surface area contributed by atoms with E-state index in [1.54, 1.807) is 18.2 Å². The molecule has 0 fully saturated rings. The van der Waals surface area contributed by atoms with Gasteiger partial charge in [0.2, 0.25) is 0 Å². The van der Waals surface area contributed by atoms with E-state index in [9.17, 15) is 4.79 Å². The third-order valence-electron chi connectivity index (χ3n) is 3.06. The first-order chi connectivity index (χ1) is 9.92. The van der Waals surface area contributed by atoms with Crippen molar-refractivity contribution in [3.05, 3.63) is 52.6 Å². The van der Waals surface area contributed by atoms with Crippen molar-refractivity contribution in [2.75, 3.05) is 5.73 Å². The molecule has 5 heteroatoms. The number of aromatic carboxylic acids is 1. The average Bonchev–Trinajstić information content (AvgIpc) is 2.42. The van der Waals surface area contributed by atoms with Gasteiger partial charge in [0.25, 0.3) is 0 Å². The maximum Gasteiger partial charge on any atom is 0.337 e. The summed E-state index contributed by atoms with van der Waals surface area (Å²) < 4.78 is 5.77. The van der Waals surface area contributed by atoms with Gasteiger partial charge in [0.15, 0.2) is 0 Å². The quantitative estimate of drug-likeness (QED) is 0.842. The zero-order valence-corrected chi connectivity index (χ0v) is 11.7. The fourth-order valence-corrected chi connectivity index (χ4v) is 2.09. The largest absolute Gasteiger partial charge is 0.478 e. The third-order valence-corrected chi connectivity index (χ3v) is 3.06. The molecule has 2 rings (SSSR count). The molecule has 106 valence electrons. The average molecular weight is 282 g/mol. The summed E-state index contributed by atoms with van der Waals surface area (Å²) in [5, 5.41) is 17.9. The summed E-state index contributed by atoms with van der Waals surface area (Å²) in [6.07, 6.45) is 0. The van der Waals surface area contributed by atoms with Crippen LogP contribution in [0.5, 0.6) is 11.5 Å². The molecule has 0 heterocycles. The molecule has 2 aromatic rings. The molecule has 0 saturated heterocycles. The van der Waals surface area contributed by atoms with Crippen LogP contribution >= 0.6 is 0 Å². The van der Waals surface area contributed by atoms with Gasteiger partial charge in [0, 0.05) is 11.8 Å². The summed E-state index contributed by atoms with van der Waals surface area (Å²) in [5.74, 6) is 0.00895. The van der Waals surface area contributed by atoms with E-state index in [1.165, 1.54) is 12.1 Å². The van der Waals surface area contributed by atoms with E-state index in [-0.39, 0.29) is 11.3 Å². The first kappa shape index (κ1) is 14.4. The van der Waals surface area contributed by atoms with Gasteiger partial charge in [0.05, 0.1) is 17.2 Å². The Morgan fingerprint density at radius 3 is 2.33 bits per heavy atom. The van der Waals surface area contributed by atoms with Crippen LogP contribution < -0.4 is 10.5 Å². The summed E-state index contributed by atoms with van der Waals surface area (Å²) in [5.41, 5.74) is 8.09. The molecule has 3 N–H and O–H groups in total. The van der Waals surface area contributed by atoms with E-state index in [0.29, 0.717) is 17.1 Å². The Kier molecular flexibility index (Phi) is 3.81. The smallest absolute Gasteiger partial charge is 0.337 e. The second-order valence-corrected chi connectivity index (χ2v) is 4.71. The van der Waals surface area contributed by atoms with Gasteiger partial charge in [-0.15, -0.1) is 0 Å². The highest BCUT2D eigenvalue weighted by molar-refractivity contribution is 5.93. The maximum atomic E-state index is 10.9. The van der Waals surface area contributed by atoms with Crippen LogP contribution in [-0.2, 0) is 0 Å². The molecule has 21 heavy (non-hydrogen) atoms. The lowest BCUT2D eigenvalue weighted by molar-refractivity contribution is 0.0698. The molecule has 0 aliphatic heterocycles. The number of rotatable bonds is 3. The van der Waals surface area contributed by atoms with Crippen molar-refractivity contribution in [3.8, 4) is 17.6 Å². The minimum Gasteiger partial charge on any atom is -0.478 e. The minimum absolute atomic E-state index is 0.0376. The number of aryl methyl sites for hydroxylation is 2. The number of nitrogen functional groups attached to an aromatic ring is 1. The summed E-state index contributed by atoms with van der Waals surface area (Å²) >= 11 is 0. The number of anilines is 1. The highest BCUT2D eigenvalue weighted by atomic mass is 16.5. The Labute approximate surface area is 122 Å². The Balaban J connectivity index is 2.37. The number of carbonyl (C=O) groups is 1. The zero-order chi connectivity index (χ0) is 15.6. The van der Waals surface area contributed by atoms with Crippen LogP contribution in [0.4, 0.5) is 5.69 Å². The van der Waals surface area contributed by atoms with Crippen LogP contribution in [0, 0.1) is 25.2 Å². The first-order valence-corrected chi connectivity index (χ1v) is 6.24. The molecule has 0 aromatic heterocycles. The van der Waals surface area contributed by atoms with E-state index in [2.05, 4.69) is 6.07 Å². The highest BCUT2D eigenvalue weighted by Gasteiger charge is 2.11. The minimum atomic E-state index is -1.08. The molecule has 0 amide bonds. The summed E-state index contributed by atoms with van der Waals surface area (Å²) in [6, 6.07) is 9.98. The van der Waals surface area contributed by atoms with Crippen molar-refractivity contribution >= 4 is 11.7 Å². The molecule has 0 aliphatic rings. The molecule has 0 atom stereocenters. The van der Waals surface area contributed by atoms with Crippen molar-refractivity contribution in [1.82, 2.24) is 0 Å². The Morgan fingerprint density at radius 1 is 1.24 bits per heavy atom. The van der Waals surface area contributed by atoms with Crippen molar-refractivity contribution in [2.45, 2.75) is 13.8 Å². The van der Waals surface area contributed by atoms with Crippen LogP contribution in [0.1, 0.15) is 27.0 Å². The number of nitrogens with zero attached hydrogens (tertiary/aromatic N) is 1. The first-order valence-electron chi connectivity index (χ1n) is 6.24. The van der Waals surface area contributed by atoms with Crippen molar-refractivity contribution in [3.63, 3.8) is 0 Å². The second-order valence-electron chi connectivity index (χ2n) is 4.71. The predicted octanol–water partition coefficient (Wildman–Crippen LogP) is 3.25. The maximum absolute atomic E-state index is 10.9. The molecule has 2 aromatic carbocycles. The SMILES string of the molecule is Cc1cc(C#N)cc(C)c1Oc1ccc(C(=O)O)c(N)c1. The van der Waals surface area contributed by atoms with Crippen LogP contribution in [0.2, 0.25) is 0 Å². The van der Waals surface area contributed by atoms with Crippen LogP contribution in [0.25, 0.3) is 0 Å². The van der Waals surface area contributed by atoms with Gasteiger partial charge in [-0.2, -0.15) is 5.26 Å². The molecule has 0 unspecified atom stereocenters. The number of benzene rings is 2. The monoisotopic (exact) mass is 282 g/mol. The zero-order valence-electron chi connectivity index (χ0n) is 11.7. The van der Waals surface area contributed by atoms with E-state index in [1.807, 2.05) is 13.8 Å². The van der Waals surface area contributed by atoms with Gasteiger partial charge in [0.1, 0.15) is 11.5 Å². The lowest BCUT2D eigenvalue weighted by Gasteiger charge is -2.13. The van der Waals surface area contributed by atoms with Gasteiger partial charge in [-0.05, 0) is 49.2 Å². The van der Waals surface area contributed by atoms with Gasteiger partial charge >= 0.3 is 5.97 Å². The molecule has 0 spiro atoms. The van der Waals surface area contributed by atoms with E-state index in [0.717, 1.165) is 11.1 Å². The Bertz CT molecular complexity index is 738. The number of nitriles is 1. The topological polar surface area (TPSA) is 96.3 Å². The van der Waals surface area contributed by atoms with Crippen LogP contribution in [0.15, 0.2) is 30.3 Å². The summed E-state index contributed by atoms with van der Waals surface area (Å²) in [4.78, 5) is 10.9. The lowest BCUT2D eigenvalue weighted by Crippen LogP contribution is -2.02. The van der Waals surface area contributed by atoms with Gasteiger partial charge in [-0.1, -0.05) is 0 Å². The van der Waals surface area contributed by atoms with Crippen molar-refractivity contribution in [1.29, 1.82) is 5.26 Å². The van der Waals surface area contributed by atoms with Crippen LogP contribution in [0.3, 0.4) is 0 Å². The van der Waals surface area contributed by atoms with Gasteiger partial charge < -0.3 is 15.6 Å². The van der Waals surface area contributed by atoms with Crippen LogP contribution in [-0.4, -0.2) is 11.1 Å². The van der Waals surface area contributed by atoms with E-state index >= 15 is 0 Å². The molecule has 0 aliphatic carbocycles. The molecule has 5 nitrogen and oxygen atoms in total.